The summed E-state index contributed by atoms with van der Waals surface area (Å²) in [5.41, 5.74) is 2.53. The van der Waals surface area contributed by atoms with Gasteiger partial charge in [-0.3, -0.25) is 4.57 Å². The van der Waals surface area contributed by atoms with Gasteiger partial charge in [0.25, 0.3) is 0 Å². The van der Waals surface area contributed by atoms with Gasteiger partial charge >= 0.3 is 0 Å². The molecule has 5 nitrogen and oxygen atoms in total. The highest BCUT2D eigenvalue weighted by Gasteiger charge is 2.29. The molecule has 0 atom stereocenters. The van der Waals surface area contributed by atoms with E-state index < -0.39 is 0 Å². The molecule has 2 aliphatic rings. The van der Waals surface area contributed by atoms with Gasteiger partial charge in [-0.2, -0.15) is 0 Å². The van der Waals surface area contributed by atoms with Crippen molar-refractivity contribution in [3.8, 4) is 11.4 Å². The Morgan fingerprint density at radius 1 is 0.903 bits per heavy atom. The van der Waals surface area contributed by atoms with Gasteiger partial charge in [0, 0.05) is 12.5 Å². The first kappa shape index (κ1) is 23.9. The fourth-order valence-electron chi connectivity index (χ4n) is 4.29. The first-order valence-corrected chi connectivity index (χ1v) is 11.4. The minimum atomic E-state index is 0. The van der Waals surface area contributed by atoms with Gasteiger partial charge in [0.15, 0.2) is 5.82 Å². The van der Waals surface area contributed by atoms with E-state index in [4.69, 9.17) is 27.9 Å². The number of aromatic nitrogens is 3. The van der Waals surface area contributed by atoms with Gasteiger partial charge in [-0.25, -0.2) is 0 Å². The highest BCUT2D eigenvalue weighted by Crippen LogP contribution is 2.35. The van der Waals surface area contributed by atoms with Crippen molar-refractivity contribution in [1.82, 2.24) is 20.1 Å². The normalized spacial score (nSPS) is 19.5. The van der Waals surface area contributed by atoms with Crippen LogP contribution < -0.4 is 10.1 Å². The summed E-state index contributed by atoms with van der Waals surface area (Å²) >= 11 is 9.53. The first-order chi connectivity index (χ1) is 14.8. The van der Waals surface area contributed by atoms with Gasteiger partial charge in [0.1, 0.15) is 11.6 Å². The Morgan fingerprint density at radius 2 is 1.58 bits per heavy atom. The van der Waals surface area contributed by atoms with Crippen molar-refractivity contribution in [1.29, 1.82) is 0 Å². The number of halogens is 3. The lowest BCUT2D eigenvalue weighted by Gasteiger charge is -2.29. The molecule has 1 N–H and O–H groups in total. The molecular formula is C23H27Cl3N4O. The molecule has 1 aliphatic heterocycles. The Morgan fingerprint density at radius 3 is 2.32 bits per heavy atom. The number of nitrogens with one attached hydrogen (secondary N) is 1. The third-order valence-electron chi connectivity index (χ3n) is 5.67. The van der Waals surface area contributed by atoms with E-state index in [2.05, 4.69) is 44.3 Å². The van der Waals surface area contributed by atoms with Gasteiger partial charge in [-0.1, -0.05) is 36.4 Å². The third kappa shape index (κ3) is 5.72. The second-order valence-electron chi connectivity index (χ2n) is 7.55. The van der Waals surface area contributed by atoms with Crippen LogP contribution in [0.15, 0.2) is 54.6 Å². The lowest BCUT2D eigenvalue weighted by atomic mass is 9.86. The Balaban J connectivity index is 0.000000645. The molecule has 1 saturated carbocycles. The van der Waals surface area contributed by atoms with E-state index in [9.17, 15) is 0 Å². The fraction of sp³-hybridized carbons (Fsp3) is 0.391. The van der Waals surface area contributed by atoms with Crippen molar-refractivity contribution < 1.29 is 4.74 Å². The van der Waals surface area contributed by atoms with Gasteiger partial charge in [-0.05, 0) is 49.4 Å². The van der Waals surface area contributed by atoms with Crippen LogP contribution in [0.2, 0.25) is 0 Å². The molecule has 1 fully saturated rings. The lowest BCUT2D eigenvalue weighted by Crippen LogP contribution is -2.24. The minimum Gasteiger partial charge on any atom is -0.490 e. The lowest BCUT2D eigenvalue weighted by molar-refractivity contribution is 0.144. The van der Waals surface area contributed by atoms with E-state index in [1.807, 2.05) is 30.3 Å². The quantitative estimate of drug-likeness (QED) is 0.479. The molecule has 2 heterocycles. The fourth-order valence-corrected chi connectivity index (χ4v) is 4.29. The van der Waals surface area contributed by atoms with Crippen molar-refractivity contribution in [2.75, 3.05) is 5.34 Å². The summed E-state index contributed by atoms with van der Waals surface area (Å²) in [6.07, 6.45) is 4.59. The van der Waals surface area contributed by atoms with Crippen LogP contribution in [0.4, 0.5) is 0 Å². The molecule has 31 heavy (non-hydrogen) atoms. The summed E-state index contributed by atoms with van der Waals surface area (Å²) in [6.45, 7) is 1.63. The molecule has 5 rings (SSSR count). The predicted octanol–water partition coefficient (Wildman–Crippen LogP) is 5.82. The Labute approximate surface area is 199 Å². The molecule has 0 saturated heterocycles. The van der Waals surface area contributed by atoms with E-state index in [0.717, 1.165) is 56.2 Å². The van der Waals surface area contributed by atoms with Crippen LogP contribution in [0.1, 0.15) is 48.8 Å². The van der Waals surface area contributed by atoms with E-state index in [1.165, 1.54) is 11.3 Å². The molecule has 166 valence electrons. The molecule has 3 aromatic rings. The molecule has 1 aromatic heterocycles. The molecule has 0 amide bonds. The summed E-state index contributed by atoms with van der Waals surface area (Å²) in [5.74, 6) is 3.53. The molecule has 0 unspecified atom stereocenters. The maximum Gasteiger partial charge on any atom is 0.151 e. The van der Waals surface area contributed by atoms with Crippen molar-refractivity contribution in [3.63, 3.8) is 0 Å². The number of para-hydroxylation sites is 2. The number of hydrogen-bond donors (Lipinski definition) is 1. The number of nitrogens with zero attached hydrogens (tertiary/aromatic N) is 3. The summed E-state index contributed by atoms with van der Waals surface area (Å²) in [6, 6.07) is 18.7. The molecule has 8 heteroatoms. The molecule has 1 aliphatic carbocycles. The van der Waals surface area contributed by atoms with Crippen LogP contribution in [0.5, 0.6) is 5.75 Å². The number of benzene rings is 2. The maximum atomic E-state index is 6.16. The molecule has 0 spiro atoms. The van der Waals surface area contributed by atoms with E-state index >= 15 is 0 Å². The zero-order valence-corrected chi connectivity index (χ0v) is 19.5. The van der Waals surface area contributed by atoms with Gasteiger partial charge < -0.3 is 10.1 Å². The largest absolute Gasteiger partial charge is 0.490 e. The smallest absolute Gasteiger partial charge is 0.151 e. The molecule has 0 radical (unpaired) electrons. The monoisotopic (exact) mass is 480 g/mol. The van der Waals surface area contributed by atoms with Crippen molar-refractivity contribution >= 4 is 35.6 Å². The van der Waals surface area contributed by atoms with Gasteiger partial charge in [0.05, 0.1) is 23.7 Å². The van der Waals surface area contributed by atoms with Crippen LogP contribution >= 0.6 is 35.6 Å². The Hall–Kier alpha value is -1.79. The Kier molecular flexibility index (Phi) is 9.02. The minimum absolute atomic E-state index is 0. The average molecular weight is 482 g/mol. The van der Waals surface area contributed by atoms with Crippen LogP contribution in [0, 0.1) is 0 Å². The molecule has 0 bridgehead atoms. The van der Waals surface area contributed by atoms with Crippen molar-refractivity contribution in [2.24, 2.45) is 0 Å². The van der Waals surface area contributed by atoms with Gasteiger partial charge in [0.2, 0.25) is 0 Å². The third-order valence-corrected chi connectivity index (χ3v) is 5.67. The highest BCUT2D eigenvalue weighted by atomic mass is 35.5. The second-order valence-corrected chi connectivity index (χ2v) is 8.36. The van der Waals surface area contributed by atoms with Gasteiger partial charge in [-0.15, -0.1) is 45.8 Å². The zero-order valence-electron chi connectivity index (χ0n) is 17.2. The van der Waals surface area contributed by atoms with E-state index in [-0.39, 0.29) is 17.7 Å². The van der Waals surface area contributed by atoms with Crippen molar-refractivity contribution in [3.05, 3.63) is 71.8 Å². The average Bonchev–Trinajstić information content (AvgIpc) is 3.11. The SMILES string of the molecule is Cl.ClCCl.c1ccc(OC2CCC(c3nnc4n3-c3ccccc3CNC4)CC2)cc1. The van der Waals surface area contributed by atoms with E-state index in [1.54, 1.807) is 0 Å². The summed E-state index contributed by atoms with van der Waals surface area (Å²) in [7, 11) is 0. The summed E-state index contributed by atoms with van der Waals surface area (Å²) in [5, 5.41) is 12.8. The topological polar surface area (TPSA) is 52.0 Å². The maximum absolute atomic E-state index is 6.16. The summed E-state index contributed by atoms with van der Waals surface area (Å²) in [4.78, 5) is 0. The zero-order chi connectivity index (χ0) is 20.8. The standard InChI is InChI=1S/C22H24N4O.CH2Cl2.ClH/c1-2-7-18(8-3-1)27-19-12-10-16(11-13-19)22-25-24-21-15-23-14-17-6-4-5-9-20(17)26(21)22;2-1-3;/h1-9,16,19,23H,10-15H2;1H2;1H. The predicted molar refractivity (Wildman–Crippen MR) is 128 cm³/mol. The number of alkyl halides is 2. The number of ether oxygens (including phenoxy) is 1. The van der Waals surface area contributed by atoms with Crippen LogP contribution in [0.3, 0.4) is 0 Å². The van der Waals surface area contributed by atoms with Crippen molar-refractivity contribution in [2.45, 2.75) is 50.8 Å². The first-order valence-electron chi connectivity index (χ1n) is 10.4. The van der Waals surface area contributed by atoms with Crippen LogP contribution in [-0.2, 0) is 13.1 Å². The second kappa shape index (κ2) is 11.7. The van der Waals surface area contributed by atoms with E-state index in [0.29, 0.717) is 12.0 Å². The van der Waals surface area contributed by atoms with Crippen LogP contribution in [-0.4, -0.2) is 26.2 Å². The molecular weight excluding hydrogens is 455 g/mol. The molecule has 2 aromatic carbocycles. The Bertz CT molecular complexity index is 943. The number of rotatable bonds is 3. The number of hydrogen-bond acceptors (Lipinski definition) is 4. The van der Waals surface area contributed by atoms with Crippen LogP contribution in [0.25, 0.3) is 5.69 Å². The summed E-state index contributed by atoms with van der Waals surface area (Å²) < 4.78 is 8.45. The number of fused-ring (bicyclic) bond motifs is 3. The highest BCUT2D eigenvalue weighted by molar-refractivity contribution is 6.40.